The monoisotopic (exact) mass is 330 g/mol. The van der Waals surface area contributed by atoms with Gasteiger partial charge in [-0.2, -0.15) is 0 Å². The van der Waals surface area contributed by atoms with E-state index in [1.54, 1.807) is 0 Å². The van der Waals surface area contributed by atoms with E-state index in [9.17, 15) is 0 Å². The molecule has 134 valence electrons. The minimum Gasteiger partial charge on any atom is -0.307 e. The summed E-state index contributed by atoms with van der Waals surface area (Å²) in [4.78, 5) is 11.6. The molecule has 1 atom stereocenters. The fraction of sp³-hybridized carbons (Fsp3) is 0.800. The van der Waals surface area contributed by atoms with Gasteiger partial charge in [-0.25, -0.2) is 9.97 Å². The molecular formula is C20H34N4. The van der Waals surface area contributed by atoms with Crippen molar-refractivity contribution in [3.8, 4) is 0 Å². The van der Waals surface area contributed by atoms with E-state index in [0.29, 0.717) is 12.1 Å². The highest BCUT2D eigenvalue weighted by Gasteiger charge is 2.28. The molecule has 1 aliphatic heterocycles. The smallest absolute Gasteiger partial charge is 0.125 e. The Hall–Kier alpha value is -1.00. The molecule has 24 heavy (non-hydrogen) atoms. The summed E-state index contributed by atoms with van der Waals surface area (Å²) in [5.74, 6) is 1.79. The van der Waals surface area contributed by atoms with Crippen molar-refractivity contribution in [2.24, 2.45) is 5.92 Å². The maximum absolute atomic E-state index is 4.51. The summed E-state index contributed by atoms with van der Waals surface area (Å²) in [6.45, 7) is 11.3. The van der Waals surface area contributed by atoms with Gasteiger partial charge in [0.05, 0.1) is 0 Å². The van der Waals surface area contributed by atoms with Gasteiger partial charge in [0.2, 0.25) is 0 Å². The Labute approximate surface area is 147 Å². The van der Waals surface area contributed by atoms with Gasteiger partial charge in [-0.15, -0.1) is 0 Å². The summed E-state index contributed by atoms with van der Waals surface area (Å²) in [5, 5.41) is 3.83. The number of rotatable bonds is 4. The highest BCUT2D eigenvalue weighted by molar-refractivity contribution is 5.19. The molecule has 1 saturated carbocycles. The van der Waals surface area contributed by atoms with Gasteiger partial charge in [-0.3, -0.25) is 0 Å². The SMILES string of the molecule is Cc1ncc([C@H](C)NC2CCC(N3CCC(C)CC3)CC2)c(C)n1. The lowest BCUT2D eigenvalue weighted by Crippen LogP contribution is -2.45. The second-order valence-electron chi connectivity index (χ2n) is 8.07. The molecule has 0 amide bonds. The van der Waals surface area contributed by atoms with Crippen LogP contribution in [-0.2, 0) is 0 Å². The molecule has 0 spiro atoms. The minimum absolute atomic E-state index is 0.336. The molecule has 0 aromatic carbocycles. The number of hydrogen-bond donors (Lipinski definition) is 1. The van der Waals surface area contributed by atoms with Crippen molar-refractivity contribution in [2.75, 3.05) is 13.1 Å². The van der Waals surface area contributed by atoms with E-state index >= 15 is 0 Å². The van der Waals surface area contributed by atoms with Gasteiger partial charge in [0, 0.05) is 35.6 Å². The summed E-state index contributed by atoms with van der Waals surface area (Å²) in [6, 6.07) is 1.80. The highest BCUT2D eigenvalue weighted by Crippen LogP contribution is 2.28. The van der Waals surface area contributed by atoms with E-state index in [1.165, 1.54) is 57.2 Å². The van der Waals surface area contributed by atoms with Crippen molar-refractivity contribution in [3.63, 3.8) is 0 Å². The molecule has 2 heterocycles. The molecule has 0 unspecified atom stereocenters. The largest absolute Gasteiger partial charge is 0.307 e. The maximum atomic E-state index is 4.51. The molecule has 4 heteroatoms. The first-order valence-electron chi connectivity index (χ1n) is 9.83. The van der Waals surface area contributed by atoms with Gasteiger partial charge in [0.15, 0.2) is 0 Å². The second kappa shape index (κ2) is 7.92. The number of nitrogens with zero attached hydrogens (tertiary/aromatic N) is 3. The summed E-state index contributed by atoms with van der Waals surface area (Å²) in [7, 11) is 0. The summed E-state index contributed by atoms with van der Waals surface area (Å²) in [5.41, 5.74) is 2.35. The first-order valence-corrected chi connectivity index (χ1v) is 9.83. The summed E-state index contributed by atoms with van der Waals surface area (Å²) < 4.78 is 0. The fourth-order valence-corrected chi connectivity index (χ4v) is 4.46. The molecule has 0 bridgehead atoms. The number of aromatic nitrogens is 2. The van der Waals surface area contributed by atoms with Crippen molar-refractivity contribution in [2.45, 2.75) is 84.3 Å². The Balaban J connectivity index is 1.48. The molecule has 1 aromatic rings. The first-order chi connectivity index (χ1) is 11.5. The third-order valence-corrected chi connectivity index (χ3v) is 6.12. The molecule has 2 aliphatic rings. The van der Waals surface area contributed by atoms with E-state index in [-0.39, 0.29) is 0 Å². The standard InChI is InChI=1S/C20H34N4/c1-14-9-11-24(12-10-14)19-7-5-18(6-8-19)23-16(3)20-13-21-17(4)22-15(20)2/h13-14,16,18-19,23H,5-12H2,1-4H3/t16-,18?,19?/m0/s1. The van der Waals surface area contributed by atoms with Crippen LogP contribution in [0.25, 0.3) is 0 Å². The van der Waals surface area contributed by atoms with Crippen LogP contribution in [0, 0.1) is 19.8 Å². The van der Waals surface area contributed by atoms with Gasteiger partial charge in [0.25, 0.3) is 0 Å². The van der Waals surface area contributed by atoms with Gasteiger partial charge in [-0.1, -0.05) is 6.92 Å². The van der Waals surface area contributed by atoms with Crippen LogP contribution < -0.4 is 5.32 Å². The van der Waals surface area contributed by atoms with E-state index in [2.05, 4.69) is 41.0 Å². The van der Waals surface area contributed by atoms with Crippen LogP contribution in [0.1, 0.15) is 75.5 Å². The number of nitrogens with one attached hydrogen (secondary N) is 1. The van der Waals surface area contributed by atoms with E-state index in [1.807, 2.05) is 13.1 Å². The average molecular weight is 331 g/mol. The Morgan fingerprint density at radius 1 is 1.08 bits per heavy atom. The lowest BCUT2D eigenvalue weighted by atomic mass is 9.87. The molecule has 1 N–H and O–H groups in total. The van der Waals surface area contributed by atoms with Gasteiger partial charge >= 0.3 is 0 Å². The third kappa shape index (κ3) is 4.34. The molecule has 1 aliphatic carbocycles. The Bertz CT molecular complexity index is 528. The normalized spacial score (nSPS) is 28.0. The second-order valence-corrected chi connectivity index (χ2v) is 8.07. The quantitative estimate of drug-likeness (QED) is 0.912. The van der Waals surface area contributed by atoms with Crippen molar-refractivity contribution in [3.05, 3.63) is 23.3 Å². The Kier molecular flexibility index (Phi) is 5.88. The summed E-state index contributed by atoms with van der Waals surface area (Å²) in [6.07, 6.45) is 10.1. The summed E-state index contributed by atoms with van der Waals surface area (Å²) >= 11 is 0. The lowest BCUT2D eigenvalue weighted by molar-refractivity contribution is 0.102. The van der Waals surface area contributed by atoms with Crippen molar-refractivity contribution >= 4 is 0 Å². The Morgan fingerprint density at radius 3 is 2.38 bits per heavy atom. The maximum Gasteiger partial charge on any atom is 0.125 e. The topological polar surface area (TPSA) is 41.1 Å². The number of hydrogen-bond acceptors (Lipinski definition) is 4. The molecule has 3 rings (SSSR count). The van der Waals surface area contributed by atoms with Crippen LogP contribution in [0.4, 0.5) is 0 Å². The van der Waals surface area contributed by atoms with E-state index in [0.717, 1.165) is 23.5 Å². The van der Waals surface area contributed by atoms with E-state index < -0.39 is 0 Å². The average Bonchev–Trinajstić information content (AvgIpc) is 2.56. The van der Waals surface area contributed by atoms with Crippen LogP contribution in [-0.4, -0.2) is 40.0 Å². The number of likely N-dealkylation sites (tertiary alicyclic amines) is 1. The molecule has 0 radical (unpaired) electrons. The van der Waals surface area contributed by atoms with Crippen LogP contribution in [0.5, 0.6) is 0 Å². The van der Waals surface area contributed by atoms with Crippen molar-refractivity contribution < 1.29 is 0 Å². The molecule has 4 nitrogen and oxygen atoms in total. The predicted molar refractivity (Wildman–Crippen MR) is 99.1 cm³/mol. The molecular weight excluding hydrogens is 296 g/mol. The zero-order valence-corrected chi connectivity index (χ0v) is 15.9. The molecule has 2 fully saturated rings. The minimum atomic E-state index is 0.336. The van der Waals surface area contributed by atoms with Crippen molar-refractivity contribution in [1.29, 1.82) is 0 Å². The van der Waals surface area contributed by atoms with Gasteiger partial charge < -0.3 is 10.2 Å². The lowest BCUT2D eigenvalue weighted by Gasteiger charge is -2.41. The van der Waals surface area contributed by atoms with Crippen LogP contribution in [0.2, 0.25) is 0 Å². The highest BCUT2D eigenvalue weighted by atomic mass is 15.2. The van der Waals surface area contributed by atoms with Gasteiger partial charge in [0.1, 0.15) is 5.82 Å². The van der Waals surface area contributed by atoms with Crippen LogP contribution >= 0.6 is 0 Å². The van der Waals surface area contributed by atoms with Crippen LogP contribution in [0.3, 0.4) is 0 Å². The van der Waals surface area contributed by atoms with Gasteiger partial charge in [-0.05, 0) is 78.3 Å². The predicted octanol–water partition coefficient (Wildman–Crippen LogP) is 3.79. The molecule has 1 saturated heterocycles. The first kappa shape index (κ1) is 17.8. The van der Waals surface area contributed by atoms with E-state index in [4.69, 9.17) is 0 Å². The fourth-order valence-electron chi connectivity index (χ4n) is 4.46. The third-order valence-electron chi connectivity index (χ3n) is 6.12. The number of piperidine rings is 1. The van der Waals surface area contributed by atoms with Crippen LogP contribution in [0.15, 0.2) is 6.20 Å². The zero-order chi connectivity index (χ0) is 17.1. The number of aryl methyl sites for hydroxylation is 2. The Morgan fingerprint density at radius 2 is 1.75 bits per heavy atom. The van der Waals surface area contributed by atoms with Crippen molar-refractivity contribution in [1.82, 2.24) is 20.2 Å². The molecule has 1 aromatic heterocycles. The zero-order valence-electron chi connectivity index (χ0n) is 15.9.